The van der Waals surface area contributed by atoms with Crippen molar-refractivity contribution in [3.05, 3.63) is 89.0 Å². The van der Waals surface area contributed by atoms with Crippen LogP contribution in [0.2, 0.25) is 0 Å². The predicted octanol–water partition coefficient (Wildman–Crippen LogP) is 8.44. The summed E-state index contributed by atoms with van der Waals surface area (Å²) in [5, 5.41) is 29.8. The van der Waals surface area contributed by atoms with E-state index < -0.39 is 15.3 Å². The Morgan fingerprint density at radius 3 is 1.63 bits per heavy atom. The highest BCUT2D eigenvalue weighted by atomic mass is 17.0. The number of aryl methyl sites for hydroxylation is 2. The van der Waals surface area contributed by atoms with Gasteiger partial charge in [-0.2, -0.15) is 0 Å². The van der Waals surface area contributed by atoms with E-state index in [2.05, 4.69) is 36.5 Å². The maximum atomic E-state index is 10.9. The van der Waals surface area contributed by atoms with Gasteiger partial charge in [-0.1, -0.05) is 32.9 Å². The molecule has 0 amide bonds. The minimum absolute atomic E-state index is 0.138. The topological polar surface area (TPSA) is 157 Å². The fourth-order valence-electron chi connectivity index (χ4n) is 11.9. The van der Waals surface area contributed by atoms with E-state index in [0.29, 0.717) is 34.8 Å². The highest BCUT2D eigenvalue weighted by molar-refractivity contribution is 5.41. The van der Waals surface area contributed by atoms with Crippen molar-refractivity contribution in [2.24, 2.45) is 40.4 Å². The lowest BCUT2D eigenvalue weighted by Crippen LogP contribution is -2.45. The highest BCUT2D eigenvalue weighted by Gasteiger charge is 2.56. The molecule has 4 fully saturated rings. The molecule has 0 heterocycles. The lowest BCUT2D eigenvalue weighted by atomic mass is 9.54. The Balaban J connectivity index is 0.000000155. The van der Waals surface area contributed by atoms with Crippen molar-refractivity contribution in [3.8, 4) is 11.5 Å². The number of fused-ring (bicyclic) bond motifs is 10. The molecule has 0 aromatic heterocycles. The Morgan fingerprint density at radius 1 is 0.633 bits per heavy atom. The van der Waals surface area contributed by atoms with Crippen LogP contribution in [0.1, 0.15) is 119 Å². The summed E-state index contributed by atoms with van der Waals surface area (Å²) in [5.74, 6) is 5.12. The van der Waals surface area contributed by atoms with Gasteiger partial charge < -0.3 is 4.84 Å². The molecule has 8 rings (SSSR count). The lowest BCUT2D eigenvalue weighted by molar-refractivity contribution is -0.772. The van der Waals surface area contributed by atoms with Gasteiger partial charge in [-0.05, 0) is 176 Å². The zero-order chi connectivity index (χ0) is 34.7. The third kappa shape index (κ3) is 5.98. The van der Waals surface area contributed by atoms with Gasteiger partial charge in [-0.3, -0.25) is 9.68 Å². The van der Waals surface area contributed by atoms with Gasteiger partial charge in [0, 0.05) is 0 Å². The van der Waals surface area contributed by atoms with Crippen LogP contribution in [0.3, 0.4) is 0 Å². The number of hydrogen-bond acceptors (Lipinski definition) is 9. The summed E-state index contributed by atoms with van der Waals surface area (Å²) in [5.41, 5.74) is 5.48. The number of nitrogens with zero attached hydrogens (tertiary/aromatic N) is 3. The third-order valence-corrected chi connectivity index (χ3v) is 14.4. The Hall–Kier alpha value is -3.96. The summed E-state index contributed by atoms with van der Waals surface area (Å²) in [7, 11) is 0. The molecule has 0 radical (unpaired) electrons. The third-order valence-electron chi connectivity index (χ3n) is 14.4. The fraction of sp³-hybridized carbons (Fsp3) is 0.676. The molecule has 6 aliphatic carbocycles. The molecule has 10 atom stereocenters. The molecule has 12 nitrogen and oxygen atoms in total. The molecule has 6 aliphatic rings. The fourth-order valence-corrected chi connectivity index (χ4v) is 11.9. The Bertz CT molecular complexity index is 1630. The highest BCUT2D eigenvalue weighted by Crippen LogP contribution is 2.63. The lowest BCUT2D eigenvalue weighted by Gasteiger charge is -2.50. The van der Waals surface area contributed by atoms with Crippen LogP contribution in [0.25, 0.3) is 0 Å². The summed E-state index contributed by atoms with van der Waals surface area (Å²) < 4.78 is 0. The molecule has 0 aliphatic heterocycles. The SMILES string of the molecule is CC12CCC3c4ccc(O[N+](=O)[O-])cc4CCC3C1CCC2O[N+](=O)[O-].CC1CCC2C3CCc4cc(O[N+](=O)[O-])ccc4C3CCC12C. The van der Waals surface area contributed by atoms with Gasteiger partial charge in [0.25, 0.3) is 15.3 Å². The molecular formula is C37H47N3O9. The smallest absolute Gasteiger partial charge is 0.299 e. The Labute approximate surface area is 286 Å². The summed E-state index contributed by atoms with van der Waals surface area (Å²) in [6, 6.07) is 11.2. The van der Waals surface area contributed by atoms with E-state index in [9.17, 15) is 30.3 Å². The van der Waals surface area contributed by atoms with Gasteiger partial charge in [0.15, 0.2) is 0 Å². The second-order valence-corrected chi connectivity index (χ2v) is 16.1. The van der Waals surface area contributed by atoms with E-state index in [0.717, 1.165) is 68.3 Å². The van der Waals surface area contributed by atoms with E-state index in [4.69, 9.17) is 4.84 Å². The second kappa shape index (κ2) is 12.7. The van der Waals surface area contributed by atoms with Crippen LogP contribution in [-0.4, -0.2) is 21.4 Å². The van der Waals surface area contributed by atoms with E-state index >= 15 is 0 Å². The molecular weight excluding hydrogens is 630 g/mol. The molecule has 0 spiro atoms. The number of benzene rings is 2. The number of rotatable bonds is 6. The van der Waals surface area contributed by atoms with Gasteiger partial charge in [-0.25, -0.2) is 0 Å². The zero-order valence-corrected chi connectivity index (χ0v) is 28.6. The largest absolute Gasteiger partial charge is 0.310 e. The first kappa shape index (κ1) is 33.5. The quantitative estimate of drug-likeness (QED) is 0.216. The van der Waals surface area contributed by atoms with Crippen molar-refractivity contribution in [1.82, 2.24) is 0 Å². The van der Waals surface area contributed by atoms with Crippen molar-refractivity contribution in [1.29, 1.82) is 0 Å². The predicted molar refractivity (Wildman–Crippen MR) is 178 cm³/mol. The number of hydrogen-bond donors (Lipinski definition) is 0. The Kier molecular flexibility index (Phi) is 8.71. The Morgan fingerprint density at radius 2 is 1.12 bits per heavy atom. The van der Waals surface area contributed by atoms with Crippen LogP contribution >= 0.6 is 0 Å². The van der Waals surface area contributed by atoms with Crippen LogP contribution in [-0.2, 0) is 17.7 Å². The molecule has 49 heavy (non-hydrogen) atoms. The monoisotopic (exact) mass is 677 g/mol. The first-order valence-electron chi connectivity index (χ1n) is 18.1. The second-order valence-electron chi connectivity index (χ2n) is 16.1. The van der Waals surface area contributed by atoms with Gasteiger partial charge >= 0.3 is 0 Å². The van der Waals surface area contributed by atoms with Crippen molar-refractivity contribution in [3.63, 3.8) is 0 Å². The van der Waals surface area contributed by atoms with Gasteiger partial charge in [0.1, 0.15) is 17.6 Å². The van der Waals surface area contributed by atoms with E-state index in [1.807, 2.05) is 12.1 Å². The van der Waals surface area contributed by atoms with Crippen LogP contribution in [0.5, 0.6) is 11.5 Å². The molecule has 2 aromatic carbocycles. The van der Waals surface area contributed by atoms with Crippen molar-refractivity contribution >= 4 is 0 Å². The average Bonchev–Trinajstić information content (AvgIpc) is 3.54. The summed E-state index contributed by atoms with van der Waals surface area (Å²) in [6.45, 7) is 7.12. The van der Waals surface area contributed by atoms with E-state index in [1.165, 1.54) is 48.8 Å². The van der Waals surface area contributed by atoms with Crippen molar-refractivity contribution < 1.29 is 29.8 Å². The maximum absolute atomic E-state index is 10.9. The molecule has 0 bridgehead atoms. The zero-order valence-electron chi connectivity index (χ0n) is 28.6. The standard InChI is InChI=1S/C19H25NO3.C18H22N2O6/c1-12-3-8-18-17-6-4-13-11-14(23-20(21)22)5-7-15(13)16(17)9-10-19(12,18)2;1-18-9-8-14-13-5-3-12(25-19(21)22)10-11(13)2-4-15(14)16(18)6-7-17(18)26-20(23)24/h5,7,11-12,16-18H,3-4,6,8-10H2,1-2H3;3,5,10,14-17H,2,4,6-9H2,1H3. The first-order chi connectivity index (χ1) is 23.4. The summed E-state index contributed by atoms with van der Waals surface area (Å²) >= 11 is 0. The molecule has 264 valence electrons. The van der Waals surface area contributed by atoms with E-state index in [1.54, 1.807) is 18.2 Å². The molecule has 2 aromatic rings. The maximum Gasteiger partial charge on any atom is 0.299 e. The van der Waals surface area contributed by atoms with Gasteiger partial charge in [-0.15, -0.1) is 30.3 Å². The normalized spacial score (nSPS) is 36.6. The summed E-state index contributed by atoms with van der Waals surface area (Å²) in [6.07, 6.45) is 12.8. The van der Waals surface area contributed by atoms with Crippen LogP contribution in [0, 0.1) is 70.8 Å². The molecule has 4 saturated carbocycles. The van der Waals surface area contributed by atoms with Crippen LogP contribution < -0.4 is 9.68 Å². The molecule has 0 saturated heterocycles. The van der Waals surface area contributed by atoms with Gasteiger partial charge in [0.05, 0.1) is 0 Å². The minimum atomic E-state index is -0.784. The molecule has 0 N–H and O–H groups in total. The van der Waals surface area contributed by atoms with Crippen molar-refractivity contribution in [2.45, 2.75) is 116 Å². The van der Waals surface area contributed by atoms with Crippen LogP contribution in [0.15, 0.2) is 36.4 Å². The van der Waals surface area contributed by atoms with Crippen LogP contribution in [0.4, 0.5) is 0 Å². The first-order valence-corrected chi connectivity index (χ1v) is 18.1. The summed E-state index contributed by atoms with van der Waals surface area (Å²) in [4.78, 5) is 46.2. The molecule has 10 unspecified atom stereocenters. The minimum Gasteiger partial charge on any atom is -0.310 e. The molecule has 12 heteroatoms. The van der Waals surface area contributed by atoms with E-state index in [-0.39, 0.29) is 17.3 Å². The average molecular weight is 678 g/mol. The van der Waals surface area contributed by atoms with Crippen molar-refractivity contribution in [2.75, 3.05) is 0 Å². The van der Waals surface area contributed by atoms with Gasteiger partial charge in [0.2, 0.25) is 0 Å².